The zero-order valence-electron chi connectivity index (χ0n) is 15.1. The van der Waals surface area contributed by atoms with Gasteiger partial charge in [0.05, 0.1) is 6.54 Å². The number of benzene rings is 1. The minimum absolute atomic E-state index is 0. The van der Waals surface area contributed by atoms with Gasteiger partial charge in [-0.1, -0.05) is 18.2 Å². The molecule has 0 saturated heterocycles. The van der Waals surface area contributed by atoms with Crippen molar-refractivity contribution in [1.82, 2.24) is 15.5 Å². The van der Waals surface area contributed by atoms with Crippen LogP contribution >= 0.6 is 24.0 Å². The SMILES string of the molecule is CCNC(=NCCCN(C)CC(F)(F)F)NCCc1ccccc1F.I. The molecule has 0 unspecified atom stereocenters. The molecule has 0 aliphatic carbocycles. The third-order valence-corrected chi connectivity index (χ3v) is 3.41. The van der Waals surface area contributed by atoms with Crippen LogP contribution in [0.25, 0.3) is 0 Å². The Labute approximate surface area is 169 Å². The highest BCUT2D eigenvalue weighted by Gasteiger charge is 2.28. The van der Waals surface area contributed by atoms with Crippen molar-refractivity contribution < 1.29 is 17.6 Å². The molecule has 0 radical (unpaired) electrons. The first-order valence-electron chi connectivity index (χ1n) is 8.32. The summed E-state index contributed by atoms with van der Waals surface area (Å²) >= 11 is 0. The molecular formula is C17H27F4IN4. The number of hydrogen-bond acceptors (Lipinski definition) is 2. The van der Waals surface area contributed by atoms with E-state index in [4.69, 9.17) is 0 Å². The van der Waals surface area contributed by atoms with Crippen molar-refractivity contribution in [2.24, 2.45) is 4.99 Å². The van der Waals surface area contributed by atoms with Gasteiger partial charge in [-0.05, 0) is 45.0 Å². The fraction of sp³-hybridized carbons (Fsp3) is 0.588. The normalized spacial score (nSPS) is 12.0. The highest BCUT2D eigenvalue weighted by Crippen LogP contribution is 2.15. The van der Waals surface area contributed by atoms with Crippen LogP contribution in [0.15, 0.2) is 29.3 Å². The molecule has 26 heavy (non-hydrogen) atoms. The predicted molar refractivity (Wildman–Crippen MR) is 108 cm³/mol. The standard InChI is InChI=1S/C17H26F4N4.HI/c1-3-22-16(23-10-6-12-25(2)13-17(19,20)21)24-11-9-14-7-4-5-8-15(14)18;/h4-5,7-8H,3,6,9-13H2,1-2H3,(H2,22,23,24);1H. The maximum Gasteiger partial charge on any atom is 0.401 e. The maximum atomic E-state index is 13.5. The number of guanidine groups is 1. The Bertz CT molecular complexity index is 538. The number of hydrogen-bond donors (Lipinski definition) is 2. The van der Waals surface area contributed by atoms with Crippen molar-refractivity contribution in [3.8, 4) is 0 Å². The van der Waals surface area contributed by atoms with Crippen LogP contribution in [0.5, 0.6) is 0 Å². The number of halogens is 5. The fourth-order valence-electron chi connectivity index (χ4n) is 2.28. The molecular weight excluding hydrogens is 463 g/mol. The molecule has 0 aliphatic rings. The molecule has 4 nitrogen and oxygen atoms in total. The van der Waals surface area contributed by atoms with Crippen LogP contribution in [0.2, 0.25) is 0 Å². The van der Waals surface area contributed by atoms with Crippen molar-refractivity contribution in [1.29, 1.82) is 0 Å². The first kappa shape index (κ1) is 24.9. The van der Waals surface area contributed by atoms with Gasteiger partial charge in [0.2, 0.25) is 0 Å². The largest absolute Gasteiger partial charge is 0.401 e. The number of nitrogens with one attached hydrogen (secondary N) is 2. The number of nitrogens with zero attached hydrogens (tertiary/aromatic N) is 2. The van der Waals surface area contributed by atoms with Crippen molar-refractivity contribution in [3.05, 3.63) is 35.6 Å². The highest BCUT2D eigenvalue weighted by molar-refractivity contribution is 14.0. The number of alkyl halides is 3. The minimum Gasteiger partial charge on any atom is -0.357 e. The molecule has 0 fully saturated rings. The second-order valence-corrected chi connectivity index (χ2v) is 5.74. The third kappa shape index (κ3) is 11.5. The molecule has 0 bridgehead atoms. The Morgan fingerprint density at radius 3 is 2.50 bits per heavy atom. The van der Waals surface area contributed by atoms with Crippen molar-refractivity contribution in [2.75, 3.05) is 39.8 Å². The van der Waals surface area contributed by atoms with Crippen LogP contribution in [-0.2, 0) is 6.42 Å². The second kappa shape index (κ2) is 13.1. The molecule has 0 aromatic heterocycles. The van der Waals surface area contributed by atoms with Crippen LogP contribution in [0.4, 0.5) is 17.6 Å². The van der Waals surface area contributed by atoms with Gasteiger partial charge >= 0.3 is 6.18 Å². The van der Waals surface area contributed by atoms with E-state index in [-0.39, 0.29) is 29.8 Å². The van der Waals surface area contributed by atoms with E-state index in [0.29, 0.717) is 50.5 Å². The highest BCUT2D eigenvalue weighted by atomic mass is 127. The average Bonchev–Trinajstić information content (AvgIpc) is 2.51. The van der Waals surface area contributed by atoms with Gasteiger partial charge in [0, 0.05) is 19.6 Å². The van der Waals surface area contributed by atoms with Crippen LogP contribution in [-0.4, -0.2) is 56.8 Å². The first-order chi connectivity index (χ1) is 11.8. The van der Waals surface area contributed by atoms with Crippen LogP contribution in [0.3, 0.4) is 0 Å². The second-order valence-electron chi connectivity index (χ2n) is 5.74. The van der Waals surface area contributed by atoms with Crippen molar-refractivity contribution in [3.63, 3.8) is 0 Å². The van der Waals surface area contributed by atoms with E-state index in [1.54, 1.807) is 18.2 Å². The molecule has 9 heteroatoms. The Hall–Kier alpha value is -1.10. The summed E-state index contributed by atoms with van der Waals surface area (Å²) in [7, 11) is 1.44. The molecule has 1 rings (SSSR count). The van der Waals surface area contributed by atoms with Gasteiger partial charge < -0.3 is 10.6 Å². The molecule has 0 amide bonds. The maximum absolute atomic E-state index is 13.5. The molecule has 0 saturated carbocycles. The Balaban J connectivity index is 0.00000625. The quantitative estimate of drug-likeness (QED) is 0.183. The van der Waals surface area contributed by atoms with E-state index in [2.05, 4.69) is 15.6 Å². The lowest BCUT2D eigenvalue weighted by Gasteiger charge is -2.18. The van der Waals surface area contributed by atoms with Gasteiger partial charge in [-0.3, -0.25) is 9.89 Å². The van der Waals surface area contributed by atoms with Gasteiger partial charge in [0.15, 0.2) is 5.96 Å². The molecule has 0 atom stereocenters. The van der Waals surface area contributed by atoms with Crippen LogP contribution < -0.4 is 10.6 Å². The fourth-order valence-corrected chi connectivity index (χ4v) is 2.28. The summed E-state index contributed by atoms with van der Waals surface area (Å²) in [6.45, 7) is 2.91. The van der Waals surface area contributed by atoms with Gasteiger partial charge in [0.1, 0.15) is 5.82 Å². The number of aliphatic imine (C=N–C) groups is 1. The van der Waals surface area contributed by atoms with E-state index in [0.717, 1.165) is 0 Å². The Morgan fingerprint density at radius 2 is 1.88 bits per heavy atom. The third-order valence-electron chi connectivity index (χ3n) is 3.41. The summed E-state index contributed by atoms with van der Waals surface area (Å²) in [5.74, 6) is 0.344. The molecule has 2 N–H and O–H groups in total. The zero-order chi connectivity index (χ0) is 18.7. The topological polar surface area (TPSA) is 39.7 Å². The van der Waals surface area contributed by atoms with E-state index in [1.165, 1.54) is 18.0 Å². The lowest BCUT2D eigenvalue weighted by molar-refractivity contribution is -0.143. The molecule has 1 aromatic rings. The molecule has 1 aromatic carbocycles. The van der Waals surface area contributed by atoms with Gasteiger partial charge in [-0.15, -0.1) is 24.0 Å². The first-order valence-corrected chi connectivity index (χ1v) is 8.32. The van der Waals surface area contributed by atoms with Crippen LogP contribution in [0, 0.1) is 5.82 Å². The summed E-state index contributed by atoms with van der Waals surface area (Å²) in [6, 6.07) is 6.59. The van der Waals surface area contributed by atoms with E-state index in [9.17, 15) is 17.6 Å². The van der Waals surface area contributed by atoms with Crippen molar-refractivity contribution >= 4 is 29.9 Å². The Morgan fingerprint density at radius 1 is 1.19 bits per heavy atom. The van der Waals surface area contributed by atoms with Crippen LogP contribution in [0.1, 0.15) is 18.9 Å². The molecule has 150 valence electrons. The van der Waals surface area contributed by atoms with Gasteiger partial charge in [-0.25, -0.2) is 4.39 Å². The monoisotopic (exact) mass is 490 g/mol. The zero-order valence-corrected chi connectivity index (χ0v) is 17.4. The average molecular weight is 490 g/mol. The van der Waals surface area contributed by atoms with Gasteiger partial charge in [0.25, 0.3) is 0 Å². The van der Waals surface area contributed by atoms with E-state index < -0.39 is 12.7 Å². The summed E-state index contributed by atoms with van der Waals surface area (Å²) in [6.07, 6.45) is -3.14. The van der Waals surface area contributed by atoms with E-state index in [1.807, 2.05) is 6.92 Å². The molecule has 0 heterocycles. The predicted octanol–water partition coefficient (Wildman–Crippen LogP) is 3.43. The van der Waals surface area contributed by atoms with E-state index >= 15 is 0 Å². The lowest BCUT2D eigenvalue weighted by Crippen LogP contribution is -2.38. The smallest absolute Gasteiger partial charge is 0.357 e. The summed E-state index contributed by atoms with van der Waals surface area (Å²) < 4.78 is 50.3. The lowest BCUT2D eigenvalue weighted by atomic mass is 10.1. The summed E-state index contributed by atoms with van der Waals surface area (Å²) in [5, 5.41) is 6.16. The van der Waals surface area contributed by atoms with Crippen molar-refractivity contribution in [2.45, 2.75) is 25.9 Å². The molecule has 0 spiro atoms. The minimum atomic E-state index is -4.18. The molecule has 0 aliphatic heterocycles. The van der Waals surface area contributed by atoms with Gasteiger partial charge in [-0.2, -0.15) is 13.2 Å². The summed E-state index contributed by atoms with van der Waals surface area (Å²) in [4.78, 5) is 5.56. The Kier molecular flexibility index (Phi) is 12.6. The number of rotatable bonds is 9. The summed E-state index contributed by atoms with van der Waals surface area (Å²) in [5.41, 5.74) is 0.625.